The van der Waals surface area contributed by atoms with Crippen molar-refractivity contribution in [1.82, 2.24) is 0 Å². The lowest BCUT2D eigenvalue weighted by Gasteiger charge is -2.19. The van der Waals surface area contributed by atoms with Gasteiger partial charge < -0.3 is 9.47 Å². The predicted octanol–water partition coefficient (Wildman–Crippen LogP) is 2.04. The van der Waals surface area contributed by atoms with Crippen LogP contribution in [-0.2, 0) is 14.3 Å². The molecule has 1 rings (SSSR count). The molecule has 1 aliphatic rings. The summed E-state index contributed by atoms with van der Waals surface area (Å²) >= 11 is 0. The first-order chi connectivity index (χ1) is 7.20. The lowest BCUT2D eigenvalue weighted by atomic mass is 9.96. The molecule has 0 aliphatic heterocycles. The highest BCUT2D eigenvalue weighted by molar-refractivity contribution is 5.85. The molecule has 0 heterocycles. The molecule has 0 aromatic rings. The van der Waals surface area contributed by atoms with Crippen molar-refractivity contribution in [3.63, 3.8) is 0 Å². The zero-order valence-electron chi connectivity index (χ0n) is 9.99. The van der Waals surface area contributed by atoms with Crippen molar-refractivity contribution in [3.05, 3.63) is 0 Å². The van der Waals surface area contributed by atoms with E-state index in [1.165, 1.54) is 0 Å². The highest BCUT2D eigenvalue weighted by Gasteiger charge is 2.38. The summed E-state index contributed by atoms with van der Waals surface area (Å²) in [6.45, 7) is 5.19. The Bertz CT molecular complexity index is 199. The fraction of sp³-hybridized carbons (Fsp3) is 0.917. The van der Waals surface area contributed by atoms with Crippen LogP contribution in [0, 0.1) is 11.8 Å². The fourth-order valence-electron chi connectivity index (χ4n) is 1.75. The van der Waals surface area contributed by atoms with Crippen molar-refractivity contribution < 1.29 is 14.3 Å². The van der Waals surface area contributed by atoms with Crippen LogP contribution in [0.4, 0.5) is 0 Å². The Morgan fingerprint density at radius 3 is 2.60 bits per heavy atom. The van der Waals surface area contributed by atoms with E-state index in [0.29, 0.717) is 19.1 Å². The molecule has 1 fully saturated rings. The van der Waals surface area contributed by atoms with Crippen molar-refractivity contribution in [2.24, 2.45) is 11.8 Å². The number of carbonyl (C=O) groups excluding carboxylic acids is 1. The quantitative estimate of drug-likeness (QED) is 0.620. The predicted molar refractivity (Wildman–Crippen MR) is 58.8 cm³/mol. The minimum atomic E-state index is -0.151. The van der Waals surface area contributed by atoms with E-state index >= 15 is 0 Å². The van der Waals surface area contributed by atoms with E-state index < -0.39 is 0 Å². The molecule has 15 heavy (non-hydrogen) atoms. The van der Waals surface area contributed by atoms with Crippen molar-refractivity contribution in [2.75, 3.05) is 20.3 Å². The van der Waals surface area contributed by atoms with Gasteiger partial charge in [0, 0.05) is 26.2 Å². The second-order valence-electron chi connectivity index (χ2n) is 4.30. The van der Waals surface area contributed by atoms with Gasteiger partial charge in [-0.05, 0) is 32.1 Å². The van der Waals surface area contributed by atoms with Gasteiger partial charge in [-0.15, -0.1) is 0 Å². The van der Waals surface area contributed by atoms with E-state index in [-0.39, 0.29) is 17.8 Å². The average Bonchev–Trinajstić information content (AvgIpc) is 3.05. The van der Waals surface area contributed by atoms with Crippen molar-refractivity contribution >= 4 is 5.78 Å². The highest BCUT2D eigenvalue weighted by Crippen LogP contribution is 2.36. The average molecular weight is 214 g/mol. The van der Waals surface area contributed by atoms with Crippen LogP contribution in [-0.4, -0.2) is 32.2 Å². The second-order valence-corrected chi connectivity index (χ2v) is 4.30. The van der Waals surface area contributed by atoms with Gasteiger partial charge in [-0.1, -0.05) is 6.92 Å². The molecule has 0 bridgehead atoms. The van der Waals surface area contributed by atoms with Crippen molar-refractivity contribution in [3.8, 4) is 0 Å². The smallest absolute Gasteiger partial charge is 0.164 e. The van der Waals surface area contributed by atoms with Gasteiger partial charge in [0.15, 0.2) is 5.78 Å². The summed E-state index contributed by atoms with van der Waals surface area (Å²) in [5, 5.41) is 0. The summed E-state index contributed by atoms with van der Waals surface area (Å²) in [7, 11) is 1.66. The molecule has 3 heteroatoms. The molecule has 0 N–H and O–H groups in total. The molecule has 0 aromatic carbocycles. The Morgan fingerprint density at radius 1 is 1.47 bits per heavy atom. The molecule has 2 atom stereocenters. The third-order valence-corrected chi connectivity index (χ3v) is 2.92. The Labute approximate surface area is 92.1 Å². The lowest BCUT2D eigenvalue weighted by molar-refractivity contribution is -0.135. The van der Waals surface area contributed by atoms with Gasteiger partial charge in [0.1, 0.15) is 6.10 Å². The molecule has 0 spiro atoms. The van der Waals surface area contributed by atoms with Crippen LogP contribution >= 0.6 is 0 Å². The van der Waals surface area contributed by atoms with Crippen LogP contribution in [0.25, 0.3) is 0 Å². The van der Waals surface area contributed by atoms with E-state index in [0.717, 1.165) is 19.3 Å². The minimum absolute atomic E-state index is 0.0575. The molecular weight excluding hydrogens is 192 g/mol. The summed E-state index contributed by atoms with van der Waals surface area (Å²) in [4.78, 5) is 12.0. The summed E-state index contributed by atoms with van der Waals surface area (Å²) in [6.07, 6.45) is 2.94. The summed E-state index contributed by atoms with van der Waals surface area (Å²) in [5.41, 5.74) is 0. The van der Waals surface area contributed by atoms with Crippen LogP contribution in [0.2, 0.25) is 0 Å². The van der Waals surface area contributed by atoms with Gasteiger partial charge in [0.2, 0.25) is 0 Å². The highest BCUT2D eigenvalue weighted by atomic mass is 16.5. The third-order valence-electron chi connectivity index (χ3n) is 2.92. The maximum absolute atomic E-state index is 12.0. The summed E-state index contributed by atoms with van der Waals surface area (Å²) in [6, 6.07) is 0. The van der Waals surface area contributed by atoms with E-state index in [4.69, 9.17) is 9.47 Å². The Hall–Kier alpha value is -0.410. The van der Waals surface area contributed by atoms with Gasteiger partial charge in [-0.25, -0.2) is 0 Å². The molecule has 0 amide bonds. The number of ketones is 1. The summed E-state index contributed by atoms with van der Waals surface area (Å²) in [5.74, 6) is 0.806. The zero-order valence-corrected chi connectivity index (χ0v) is 9.99. The summed E-state index contributed by atoms with van der Waals surface area (Å²) < 4.78 is 10.5. The number of methoxy groups -OCH3 is 1. The molecule has 1 aliphatic carbocycles. The fourth-order valence-corrected chi connectivity index (χ4v) is 1.75. The van der Waals surface area contributed by atoms with Gasteiger partial charge in [-0.3, -0.25) is 4.79 Å². The van der Waals surface area contributed by atoms with E-state index in [1.807, 2.05) is 13.8 Å². The number of hydrogen-bond donors (Lipinski definition) is 0. The second kappa shape index (κ2) is 6.23. The van der Waals surface area contributed by atoms with Gasteiger partial charge in [-0.2, -0.15) is 0 Å². The number of ether oxygens (including phenoxy) is 2. The largest absolute Gasteiger partial charge is 0.385 e. The molecule has 88 valence electrons. The number of Topliss-reactive ketones (excluding diaryl/α,β-unsaturated/α-hetero) is 1. The number of carbonyl (C=O) groups is 1. The Morgan fingerprint density at radius 2 is 2.13 bits per heavy atom. The van der Waals surface area contributed by atoms with Gasteiger partial charge in [0.25, 0.3) is 0 Å². The molecule has 1 saturated carbocycles. The molecule has 0 aromatic heterocycles. The van der Waals surface area contributed by atoms with Crippen LogP contribution in [0.15, 0.2) is 0 Å². The first-order valence-electron chi connectivity index (χ1n) is 5.85. The first-order valence-corrected chi connectivity index (χ1v) is 5.85. The maximum atomic E-state index is 12.0. The first kappa shape index (κ1) is 12.7. The molecule has 0 saturated heterocycles. The normalized spacial score (nSPS) is 19.9. The standard InChI is InChI=1S/C12H22O3/c1-4-15-12(10-5-6-10)11(13)9(2)7-8-14-3/h9-10,12H,4-8H2,1-3H3. The monoisotopic (exact) mass is 214 g/mol. The van der Waals surface area contributed by atoms with E-state index in [2.05, 4.69) is 0 Å². The topological polar surface area (TPSA) is 35.5 Å². The maximum Gasteiger partial charge on any atom is 0.164 e. The molecule has 0 radical (unpaired) electrons. The molecular formula is C12H22O3. The van der Waals surface area contributed by atoms with Crippen LogP contribution in [0.1, 0.15) is 33.1 Å². The SMILES string of the molecule is CCOC(C(=O)C(C)CCOC)C1CC1. The van der Waals surface area contributed by atoms with Crippen LogP contribution < -0.4 is 0 Å². The van der Waals surface area contributed by atoms with Crippen molar-refractivity contribution in [1.29, 1.82) is 0 Å². The van der Waals surface area contributed by atoms with Gasteiger partial charge >= 0.3 is 0 Å². The third kappa shape index (κ3) is 3.92. The van der Waals surface area contributed by atoms with Crippen LogP contribution in [0.5, 0.6) is 0 Å². The molecule has 3 nitrogen and oxygen atoms in total. The minimum Gasteiger partial charge on any atom is -0.385 e. The van der Waals surface area contributed by atoms with Gasteiger partial charge in [0.05, 0.1) is 0 Å². The van der Waals surface area contributed by atoms with E-state index in [1.54, 1.807) is 7.11 Å². The Kier molecular flexibility index (Phi) is 5.26. The lowest BCUT2D eigenvalue weighted by Crippen LogP contribution is -2.31. The van der Waals surface area contributed by atoms with E-state index in [9.17, 15) is 4.79 Å². The molecule has 2 unspecified atom stereocenters. The van der Waals surface area contributed by atoms with Crippen molar-refractivity contribution in [2.45, 2.75) is 39.2 Å². The zero-order chi connectivity index (χ0) is 11.3. The number of rotatable bonds is 8. The van der Waals surface area contributed by atoms with Crippen LogP contribution in [0.3, 0.4) is 0 Å². The number of hydrogen-bond acceptors (Lipinski definition) is 3. The Balaban J connectivity index is 2.39.